The van der Waals surface area contributed by atoms with Gasteiger partial charge in [-0.1, -0.05) is 35.9 Å². The van der Waals surface area contributed by atoms with E-state index in [1.54, 1.807) is 9.80 Å². The molecule has 0 bridgehead atoms. The molecule has 0 aromatic heterocycles. The molecule has 2 unspecified atom stereocenters. The second kappa shape index (κ2) is 14.5. The van der Waals surface area contributed by atoms with E-state index in [4.69, 9.17) is 11.6 Å². The minimum absolute atomic E-state index is 0.0238. The second-order valence-electron chi connectivity index (χ2n) is 13.2. The Bertz CT molecular complexity index is 1500. The highest BCUT2D eigenvalue weighted by atomic mass is 35.5. The molecule has 3 atom stereocenters. The molecular formula is C34H41ClF3N6O4-. The Labute approximate surface area is 283 Å². The Morgan fingerprint density at radius 1 is 0.958 bits per heavy atom. The summed E-state index contributed by atoms with van der Waals surface area (Å²) in [5.41, 5.74) is 1.13. The SMILES string of the molecule is O=C(C(Cc1ccc(C(F)(F)F)c(Cl)c1)[C@H]1CC(N2CCc3ccccc3NC2=O)CCN1C(=O)[O-])N1CCN(C2CCNCC2)CC1. The fourth-order valence-corrected chi connectivity index (χ4v) is 8.19. The summed E-state index contributed by atoms with van der Waals surface area (Å²) in [5.74, 6) is -1.20. The number of urea groups is 1. The molecule has 4 aliphatic heterocycles. The first-order valence-corrected chi connectivity index (χ1v) is 17.1. The number of likely N-dealkylation sites (tertiary alicyclic amines) is 1. The van der Waals surface area contributed by atoms with Crippen LogP contribution in [0.1, 0.15) is 42.4 Å². The number of nitrogens with zero attached hydrogens (tertiary/aromatic N) is 4. The first-order chi connectivity index (χ1) is 23.0. The largest absolute Gasteiger partial charge is 0.530 e. The van der Waals surface area contributed by atoms with Gasteiger partial charge in [0.05, 0.1) is 16.5 Å². The maximum Gasteiger partial charge on any atom is 0.417 e. The van der Waals surface area contributed by atoms with Crippen molar-refractivity contribution in [1.29, 1.82) is 0 Å². The summed E-state index contributed by atoms with van der Waals surface area (Å²) >= 11 is 6.08. The van der Waals surface area contributed by atoms with Gasteiger partial charge in [-0.3, -0.25) is 9.69 Å². The molecule has 3 fully saturated rings. The van der Waals surface area contributed by atoms with Crippen molar-refractivity contribution in [2.75, 3.05) is 57.7 Å². The minimum atomic E-state index is -4.64. The van der Waals surface area contributed by atoms with Crippen LogP contribution in [0.4, 0.5) is 28.4 Å². The molecule has 0 radical (unpaired) electrons. The fourth-order valence-electron chi connectivity index (χ4n) is 7.88. The molecule has 0 aliphatic carbocycles. The first kappa shape index (κ1) is 34.3. The summed E-state index contributed by atoms with van der Waals surface area (Å²) < 4.78 is 40.5. The molecule has 2 aromatic rings. The summed E-state index contributed by atoms with van der Waals surface area (Å²) in [6, 6.07) is 9.86. The lowest BCUT2D eigenvalue weighted by Crippen LogP contribution is -2.62. The molecule has 48 heavy (non-hydrogen) atoms. The zero-order valence-corrected chi connectivity index (χ0v) is 27.4. The Kier molecular flexibility index (Phi) is 10.4. The van der Waals surface area contributed by atoms with Crippen LogP contribution >= 0.6 is 11.6 Å². The summed E-state index contributed by atoms with van der Waals surface area (Å²) in [4.78, 5) is 47.5. The Balaban J connectivity index is 1.27. The normalized spacial score (nSPS) is 23.7. The van der Waals surface area contributed by atoms with E-state index in [1.807, 2.05) is 24.3 Å². The van der Waals surface area contributed by atoms with Gasteiger partial charge in [-0.15, -0.1) is 0 Å². The number of amides is 4. The molecule has 10 nitrogen and oxygen atoms in total. The number of piperazine rings is 1. The summed E-state index contributed by atoms with van der Waals surface area (Å²) in [5, 5.41) is 18.4. The summed E-state index contributed by atoms with van der Waals surface area (Å²) in [7, 11) is 0. The van der Waals surface area contributed by atoms with E-state index >= 15 is 0 Å². The van der Waals surface area contributed by atoms with E-state index in [9.17, 15) is 32.7 Å². The minimum Gasteiger partial charge on any atom is -0.530 e. The molecule has 4 heterocycles. The third-order valence-corrected chi connectivity index (χ3v) is 10.8. The third-order valence-electron chi connectivity index (χ3n) is 10.5. The van der Waals surface area contributed by atoms with Crippen LogP contribution in [-0.2, 0) is 23.8 Å². The monoisotopic (exact) mass is 689 g/mol. The van der Waals surface area contributed by atoms with Crippen LogP contribution in [0.15, 0.2) is 42.5 Å². The van der Waals surface area contributed by atoms with Gasteiger partial charge in [0.25, 0.3) is 0 Å². The number of carbonyl (C=O) groups excluding carboxylic acids is 3. The van der Waals surface area contributed by atoms with Gasteiger partial charge in [0, 0.05) is 63.1 Å². The van der Waals surface area contributed by atoms with Crippen molar-refractivity contribution >= 4 is 35.3 Å². The average molecular weight is 690 g/mol. The number of para-hydroxylation sites is 1. The predicted molar refractivity (Wildman–Crippen MR) is 172 cm³/mol. The van der Waals surface area contributed by atoms with Crippen molar-refractivity contribution in [1.82, 2.24) is 24.9 Å². The highest BCUT2D eigenvalue weighted by Crippen LogP contribution is 2.37. The van der Waals surface area contributed by atoms with Gasteiger partial charge in [-0.2, -0.15) is 13.2 Å². The lowest BCUT2D eigenvalue weighted by Gasteiger charge is -2.48. The number of nitrogens with one attached hydrogen (secondary N) is 2. The van der Waals surface area contributed by atoms with Gasteiger partial charge in [-0.05, 0) is 80.9 Å². The Morgan fingerprint density at radius 2 is 1.69 bits per heavy atom. The number of hydrogen-bond acceptors (Lipinski definition) is 6. The second-order valence-corrected chi connectivity index (χ2v) is 13.6. The number of fused-ring (bicyclic) bond motifs is 1. The summed E-state index contributed by atoms with van der Waals surface area (Å²) in [6.45, 7) is 4.65. The lowest BCUT2D eigenvalue weighted by molar-refractivity contribution is -0.270. The maximum atomic E-state index is 14.5. The van der Waals surface area contributed by atoms with Crippen molar-refractivity contribution in [2.24, 2.45) is 5.92 Å². The Morgan fingerprint density at radius 3 is 2.38 bits per heavy atom. The van der Waals surface area contributed by atoms with Crippen molar-refractivity contribution in [3.63, 3.8) is 0 Å². The number of rotatable bonds is 6. The first-order valence-electron chi connectivity index (χ1n) is 16.7. The molecule has 14 heteroatoms. The van der Waals surface area contributed by atoms with Gasteiger partial charge in [0.1, 0.15) is 6.09 Å². The topological polar surface area (TPSA) is 111 Å². The zero-order chi connectivity index (χ0) is 34.0. The van der Waals surface area contributed by atoms with Gasteiger partial charge in [0.15, 0.2) is 0 Å². The van der Waals surface area contributed by atoms with Crippen LogP contribution in [0.2, 0.25) is 5.02 Å². The molecule has 4 amide bonds. The predicted octanol–water partition coefficient (Wildman–Crippen LogP) is 3.68. The number of halogens is 4. The Hall–Kier alpha value is -3.55. The molecule has 4 aliphatic rings. The van der Waals surface area contributed by atoms with Crippen LogP contribution in [0.5, 0.6) is 0 Å². The standard InChI is InChI=1S/C34H42ClF3N6O4/c35-28-20-22(5-6-27(28)34(36,37)38)19-26(31(45)42-17-15-41(16-18-42)24-7-11-39-12-8-24)30-21-25(10-14-44(30)33(47)48)43-13-9-23-3-1-2-4-29(23)40-32(43)46/h1-6,20,24-26,30,39H,7-19,21H2,(H,40,46)(H,47,48)/p-1/t25?,26?,30-/m1/s1. The van der Waals surface area contributed by atoms with E-state index in [0.29, 0.717) is 57.2 Å². The third kappa shape index (κ3) is 7.52. The van der Waals surface area contributed by atoms with Crippen molar-refractivity contribution < 1.29 is 32.7 Å². The van der Waals surface area contributed by atoms with Gasteiger partial charge < -0.3 is 35.2 Å². The number of carbonyl (C=O) groups is 3. The number of piperidine rings is 2. The van der Waals surface area contributed by atoms with Crippen LogP contribution in [-0.4, -0.2) is 108 Å². The van der Waals surface area contributed by atoms with E-state index in [1.165, 1.54) is 17.0 Å². The molecule has 2 aromatic carbocycles. The zero-order valence-electron chi connectivity index (χ0n) is 26.7. The fraction of sp³-hybridized carbons (Fsp3) is 0.559. The quantitative estimate of drug-likeness (QED) is 0.479. The molecule has 6 rings (SSSR count). The van der Waals surface area contributed by atoms with Crippen molar-refractivity contribution in [3.8, 4) is 0 Å². The number of hydrogen-bond donors (Lipinski definition) is 2. The van der Waals surface area contributed by atoms with Crippen LogP contribution in [0.3, 0.4) is 0 Å². The molecule has 0 saturated carbocycles. The highest BCUT2D eigenvalue weighted by Gasteiger charge is 2.43. The van der Waals surface area contributed by atoms with Gasteiger partial charge in [0.2, 0.25) is 5.91 Å². The van der Waals surface area contributed by atoms with Crippen LogP contribution in [0, 0.1) is 5.92 Å². The van der Waals surface area contributed by atoms with Crippen LogP contribution in [0.25, 0.3) is 0 Å². The van der Waals surface area contributed by atoms with E-state index < -0.39 is 34.8 Å². The van der Waals surface area contributed by atoms with Crippen molar-refractivity contribution in [2.45, 2.75) is 62.8 Å². The maximum absolute atomic E-state index is 14.5. The number of anilines is 1. The number of carboxylic acid groups (broad SMARTS) is 1. The van der Waals surface area contributed by atoms with Crippen molar-refractivity contribution in [3.05, 3.63) is 64.2 Å². The van der Waals surface area contributed by atoms with Gasteiger partial charge in [-0.25, -0.2) is 4.79 Å². The molecule has 2 N–H and O–H groups in total. The lowest BCUT2D eigenvalue weighted by atomic mass is 9.82. The van der Waals surface area contributed by atoms with Gasteiger partial charge >= 0.3 is 12.2 Å². The molecule has 3 saturated heterocycles. The molecule has 260 valence electrons. The number of alkyl halides is 3. The molecular weight excluding hydrogens is 649 g/mol. The summed E-state index contributed by atoms with van der Waals surface area (Å²) in [6.07, 6.45) is -2.89. The molecule has 0 spiro atoms. The average Bonchev–Trinajstić information content (AvgIpc) is 3.24. The van der Waals surface area contributed by atoms with E-state index in [0.717, 1.165) is 43.2 Å². The number of benzene rings is 2. The smallest absolute Gasteiger partial charge is 0.417 e. The van der Waals surface area contributed by atoms with E-state index in [2.05, 4.69) is 15.5 Å². The van der Waals surface area contributed by atoms with Crippen LogP contribution < -0.4 is 15.7 Å². The van der Waals surface area contributed by atoms with E-state index in [-0.39, 0.29) is 37.4 Å². The highest BCUT2D eigenvalue weighted by molar-refractivity contribution is 6.31.